The lowest BCUT2D eigenvalue weighted by Gasteiger charge is -2.48. The van der Waals surface area contributed by atoms with Crippen LogP contribution >= 0.6 is 0 Å². The summed E-state index contributed by atoms with van der Waals surface area (Å²) in [6.07, 6.45) is 10.1. The summed E-state index contributed by atoms with van der Waals surface area (Å²) in [6, 6.07) is 4.67. The molecule has 0 N–H and O–H groups in total. The van der Waals surface area contributed by atoms with E-state index in [9.17, 15) is 0 Å². The second kappa shape index (κ2) is 6.04. The quantitative estimate of drug-likeness (QED) is 0.842. The lowest BCUT2D eigenvalue weighted by Crippen LogP contribution is -2.44. The van der Waals surface area contributed by atoms with Crippen LogP contribution in [0.25, 0.3) is 0 Å². The van der Waals surface area contributed by atoms with Gasteiger partial charge in [-0.3, -0.25) is 4.90 Å². The van der Waals surface area contributed by atoms with Crippen molar-refractivity contribution in [2.75, 3.05) is 27.8 Å². The highest BCUT2D eigenvalue weighted by Gasteiger charge is 2.42. The zero-order valence-corrected chi connectivity index (χ0v) is 14.8. The molecule has 0 radical (unpaired) electrons. The summed E-state index contributed by atoms with van der Waals surface area (Å²) in [6.45, 7) is 5.74. The fraction of sp³-hybridized carbons (Fsp3) is 0.500. The summed E-state index contributed by atoms with van der Waals surface area (Å²) >= 11 is 0. The van der Waals surface area contributed by atoms with E-state index in [-0.39, 0.29) is 5.41 Å². The number of methoxy groups -OCH3 is 2. The first-order chi connectivity index (χ1) is 11.0. The van der Waals surface area contributed by atoms with Gasteiger partial charge in [0.05, 0.1) is 14.2 Å². The van der Waals surface area contributed by atoms with Gasteiger partial charge in [-0.05, 0) is 42.6 Å². The Morgan fingerprint density at radius 2 is 1.83 bits per heavy atom. The van der Waals surface area contributed by atoms with Crippen molar-refractivity contribution in [1.29, 1.82) is 0 Å². The molecule has 2 aliphatic rings. The molecule has 3 rings (SSSR count). The second-order valence-electron chi connectivity index (χ2n) is 6.94. The number of nitrogens with zero attached hydrogens (tertiary/aromatic N) is 1. The summed E-state index contributed by atoms with van der Waals surface area (Å²) in [5.74, 6) is 2.13. The van der Waals surface area contributed by atoms with Crippen LogP contribution in [0.15, 0.2) is 36.4 Å². The average molecular weight is 313 g/mol. The number of likely N-dealkylation sites (N-methyl/N-ethyl adjacent to an activating group) is 1. The van der Waals surface area contributed by atoms with Gasteiger partial charge in [-0.2, -0.15) is 0 Å². The first-order valence-corrected chi connectivity index (χ1v) is 8.32. The molecule has 3 unspecified atom stereocenters. The van der Waals surface area contributed by atoms with Gasteiger partial charge in [-0.15, -0.1) is 0 Å². The average Bonchev–Trinajstić information content (AvgIpc) is 2.56. The van der Waals surface area contributed by atoms with Gasteiger partial charge >= 0.3 is 0 Å². The highest BCUT2D eigenvalue weighted by Crippen LogP contribution is 2.50. The number of hydrogen-bond acceptors (Lipinski definition) is 3. The molecule has 1 aliphatic heterocycles. The smallest absolute Gasteiger partial charge is 0.161 e. The Kier molecular flexibility index (Phi) is 4.24. The van der Waals surface area contributed by atoms with E-state index in [1.165, 1.54) is 11.1 Å². The van der Waals surface area contributed by atoms with E-state index in [2.05, 4.69) is 62.2 Å². The molecule has 1 aliphatic carbocycles. The summed E-state index contributed by atoms with van der Waals surface area (Å²) in [7, 11) is 5.64. The van der Waals surface area contributed by atoms with Crippen LogP contribution in [-0.4, -0.2) is 32.7 Å². The van der Waals surface area contributed by atoms with Crippen LogP contribution in [0.2, 0.25) is 0 Å². The van der Waals surface area contributed by atoms with Crippen molar-refractivity contribution < 1.29 is 9.47 Å². The maximum atomic E-state index is 5.56. The van der Waals surface area contributed by atoms with Gasteiger partial charge in [0.25, 0.3) is 0 Å². The molecule has 3 nitrogen and oxygen atoms in total. The third kappa shape index (κ3) is 2.57. The molecule has 3 heteroatoms. The molecule has 1 heterocycles. The topological polar surface area (TPSA) is 21.7 Å². The van der Waals surface area contributed by atoms with Gasteiger partial charge < -0.3 is 9.47 Å². The Bertz CT molecular complexity index is 649. The van der Waals surface area contributed by atoms with Crippen LogP contribution in [-0.2, 0) is 6.42 Å². The Hall–Kier alpha value is -1.74. The molecule has 0 fully saturated rings. The molecular weight excluding hydrogens is 286 g/mol. The van der Waals surface area contributed by atoms with E-state index in [1.807, 2.05) is 0 Å². The molecule has 124 valence electrons. The monoisotopic (exact) mass is 313 g/mol. The normalized spacial score (nSPS) is 30.1. The Morgan fingerprint density at radius 1 is 1.13 bits per heavy atom. The third-order valence-electron chi connectivity index (χ3n) is 5.65. The highest BCUT2D eigenvalue weighted by atomic mass is 16.5. The van der Waals surface area contributed by atoms with E-state index in [1.54, 1.807) is 14.2 Å². The molecular formula is C20H27NO2. The predicted octanol–water partition coefficient (Wildman–Crippen LogP) is 4.00. The number of hydrogen-bond donors (Lipinski definition) is 0. The molecule has 23 heavy (non-hydrogen) atoms. The number of rotatable bonds is 3. The molecule has 3 atom stereocenters. The van der Waals surface area contributed by atoms with E-state index in [0.717, 1.165) is 24.5 Å². The zero-order chi connectivity index (χ0) is 16.6. The van der Waals surface area contributed by atoms with Gasteiger partial charge in [-0.1, -0.05) is 38.2 Å². The van der Waals surface area contributed by atoms with Gasteiger partial charge in [-0.25, -0.2) is 0 Å². The molecule has 1 aromatic carbocycles. The van der Waals surface area contributed by atoms with Crippen molar-refractivity contribution in [3.8, 4) is 11.5 Å². The maximum Gasteiger partial charge on any atom is 0.161 e. The van der Waals surface area contributed by atoms with Gasteiger partial charge in [0.1, 0.15) is 0 Å². The predicted molar refractivity (Wildman–Crippen MR) is 94.2 cm³/mol. The molecule has 0 aromatic heterocycles. The molecule has 0 saturated carbocycles. The van der Waals surface area contributed by atoms with Gasteiger partial charge in [0, 0.05) is 18.0 Å². The first-order valence-electron chi connectivity index (χ1n) is 8.32. The molecule has 1 aromatic rings. The van der Waals surface area contributed by atoms with Crippen molar-refractivity contribution in [3.63, 3.8) is 0 Å². The minimum Gasteiger partial charge on any atom is -0.493 e. The van der Waals surface area contributed by atoms with E-state index >= 15 is 0 Å². The maximum absolute atomic E-state index is 5.56. The second-order valence-corrected chi connectivity index (χ2v) is 6.94. The number of allylic oxidation sites excluding steroid dienone is 3. The fourth-order valence-electron chi connectivity index (χ4n) is 4.07. The summed E-state index contributed by atoms with van der Waals surface area (Å²) in [4.78, 5) is 2.48. The lowest BCUT2D eigenvalue weighted by molar-refractivity contribution is 0.0946. The largest absolute Gasteiger partial charge is 0.493 e. The van der Waals surface area contributed by atoms with Crippen LogP contribution in [0.1, 0.15) is 31.0 Å². The zero-order valence-electron chi connectivity index (χ0n) is 14.8. The Labute approximate surface area is 139 Å². The SMILES string of the molecule is COc1cc2c(cc1OC)C(C1(C)C=CC=CC1C)N(C)CC2. The minimum absolute atomic E-state index is 0.0677. The summed E-state index contributed by atoms with van der Waals surface area (Å²) in [5.41, 5.74) is 2.81. The van der Waals surface area contributed by atoms with Crippen LogP contribution in [0, 0.1) is 11.3 Å². The van der Waals surface area contributed by atoms with Crippen molar-refractivity contribution >= 4 is 0 Å². The molecule has 0 spiro atoms. The number of ether oxygens (including phenoxy) is 2. The fourth-order valence-corrected chi connectivity index (χ4v) is 4.07. The first kappa shape index (κ1) is 16.1. The van der Waals surface area contributed by atoms with Gasteiger partial charge in [0.2, 0.25) is 0 Å². The van der Waals surface area contributed by atoms with Crippen LogP contribution in [0.3, 0.4) is 0 Å². The third-order valence-corrected chi connectivity index (χ3v) is 5.65. The van der Waals surface area contributed by atoms with Crippen LogP contribution < -0.4 is 9.47 Å². The summed E-state index contributed by atoms with van der Waals surface area (Å²) < 4.78 is 11.0. The molecule has 0 amide bonds. The number of benzene rings is 1. The standard InChI is InChI=1S/C20H27NO2/c1-14-8-6-7-10-20(14,2)19-16-13-18(23-5)17(22-4)12-15(16)9-11-21(19)3/h6-8,10,12-14,19H,9,11H2,1-5H3. The Morgan fingerprint density at radius 3 is 2.48 bits per heavy atom. The van der Waals surface area contributed by atoms with Crippen LogP contribution in [0.5, 0.6) is 11.5 Å². The summed E-state index contributed by atoms with van der Waals surface area (Å²) in [5, 5.41) is 0. The van der Waals surface area contributed by atoms with E-state index in [0.29, 0.717) is 12.0 Å². The highest BCUT2D eigenvalue weighted by molar-refractivity contribution is 5.50. The van der Waals surface area contributed by atoms with Crippen molar-refractivity contribution in [3.05, 3.63) is 47.6 Å². The Balaban J connectivity index is 2.13. The molecule has 0 bridgehead atoms. The van der Waals surface area contributed by atoms with Crippen LogP contribution in [0.4, 0.5) is 0 Å². The minimum atomic E-state index is 0.0677. The van der Waals surface area contributed by atoms with E-state index in [4.69, 9.17) is 9.47 Å². The van der Waals surface area contributed by atoms with Gasteiger partial charge in [0.15, 0.2) is 11.5 Å². The van der Waals surface area contributed by atoms with Crippen molar-refractivity contribution in [2.24, 2.45) is 11.3 Å². The molecule has 0 saturated heterocycles. The number of fused-ring (bicyclic) bond motifs is 1. The van der Waals surface area contributed by atoms with E-state index < -0.39 is 0 Å². The lowest BCUT2D eigenvalue weighted by atomic mass is 9.66. The van der Waals surface area contributed by atoms with Crippen molar-refractivity contribution in [2.45, 2.75) is 26.3 Å². The van der Waals surface area contributed by atoms with Crippen molar-refractivity contribution in [1.82, 2.24) is 4.90 Å².